The van der Waals surface area contributed by atoms with Crippen LogP contribution >= 0.6 is 0 Å². The van der Waals surface area contributed by atoms with Crippen LogP contribution < -0.4 is 4.74 Å². The van der Waals surface area contributed by atoms with E-state index in [-0.39, 0.29) is 24.5 Å². The van der Waals surface area contributed by atoms with Gasteiger partial charge in [-0.05, 0) is 24.6 Å². The van der Waals surface area contributed by atoms with Crippen LogP contribution in [-0.4, -0.2) is 37.3 Å². The van der Waals surface area contributed by atoms with Gasteiger partial charge in [0.2, 0.25) is 0 Å². The third-order valence-electron chi connectivity index (χ3n) is 2.48. The highest BCUT2D eigenvalue weighted by Crippen LogP contribution is 2.17. The molecule has 106 valence electrons. The molecule has 0 saturated heterocycles. The van der Waals surface area contributed by atoms with Gasteiger partial charge in [0.1, 0.15) is 24.3 Å². The Morgan fingerprint density at radius 3 is 2.89 bits per heavy atom. The predicted octanol–water partition coefficient (Wildman–Crippen LogP) is 2.19. The SMILES string of the molecule is CCCCOCC(O)COc1ccc(F)cc1C=O. The lowest BCUT2D eigenvalue weighted by Crippen LogP contribution is -2.24. The number of halogens is 1. The van der Waals surface area contributed by atoms with E-state index in [0.717, 1.165) is 18.9 Å². The highest BCUT2D eigenvalue weighted by Gasteiger charge is 2.09. The molecule has 0 saturated carbocycles. The number of ether oxygens (including phenoxy) is 2. The van der Waals surface area contributed by atoms with Crippen LogP contribution in [0, 0.1) is 5.82 Å². The van der Waals surface area contributed by atoms with E-state index < -0.39 is 11.9 Å². The maximum Gasteiger partial charge on any atom is 0.153 e. The van der Waals surface area contributed by atoms with Crippen molar-refractivity contribution in [3.05, 3.63) is 29.6 Å². The third kappa shape index (κ3) is 5.81. The van der Waals surface area contributed by atoms with E-state index in [1.165, 1.54) is 12.1 Å². The molecule has 0 fully saturated rings. The number of carbonyl (C=O) groups is 1. The first-order valence-corrected chi connectivity index (χ1v) is 6.30. The van der Waals surface area contributed by atoms with Crippen molar-refractivity contribution < 1.29 is 23.8 Å². The van der Waals surface area contributed by atoms with Gasteiger partial charge in [-0.2, -0.15) is 0 Å². The average Bonchev–Trinajstić information content (AvgIpc) is 2.42. The molecule has 1 atom stereocenters. The Kier molecular flexibility index (Phi) is 7.07. The van der Waals surface area contributed by atoms with Gasteiger partial charge in [-0.1, -0.05) is 13.3 Å². The summed E-state index contributed by atoms with van der Waals surface area (Å²) >= 11 is 0. The molecular formula is C14H19FO4. The van der Waals surface area contributed by atoms with Crippen LogP contribution in [0.1, 0.15) is 30.1 Å². The van der Waals surface area contributed by atoms with Crippen LogP contribution in [-0.2, 0) is 4.74 Å². The predicted molar refractivity (Wildman–Crippen MR) is 69.0 cm³/mol. The van der Waals surface area contributed by atoms with Crippen molar-refractivity contribution in [2.45, 2.75) is 25.9 Å². The molecule has 4 nitrogen and oxygen atoms in total. The van der Waals surface area contributed by atoms with Crippen LogP contribution in [0.15, 0.2) is 18.2 Å². The monoisotopic (exact) mass is 270 g/mol. The van der Waals surface area contributed by atoms with E-state index in [2.05, 4.69) is 6.92 Å². The molecule has 0 aliphatic rings. The van der Waals surface area contributed by atoms with Gasteiger partial charge in [0.25, 0.3) is 0 Å². The average molecular weight is 270 g/mol. The molecule has 1 unspecified atom stereocenters. The number of carbonyl (C=O) groups excluding carboxylic acids is 1. The molecule has 19 heavy (non-hydrogen) atoms. The second-order valence-electron chi connectivity index (χ2n) is 4.19. The van der Waals surface area contributed by atoms with Crippen molar-refractivity contribution in [2.75, 3.05) is 19.8 Å². The molecule has 0 bridgehead atoms. The van der Waals surface area contributed by atoms with Gasteiger partial charge in [-0.25, -0.2) is 4.39 Å². The summed E-state index contributed by atoms with van der Waals surface area (Å²) in [4.78, 5) is 10.7. The summed E-state index contributed by atoms with van der Waals surface area (Å²) in [7, 11) is 0. The Labute approximate surface area is 112 Å². The van der Waals surface area contributed by atoms with Crippen molar-refractivity contribution in [2.24, 2.45) is 0 Å². The normalized spacial score (nSPS) is 12.2. The molecule has 0 aliphatic heterocycles. The first-order valence-electron chi connectivity index (χ1n) is 6.30. The summed E-state index contributed by atoms with van der Waals surface area (Å²) < 4.78 is 23.4. The van der Waals surface area contributed by atoms with Crippen LogP contribution in [0.25, 0.3) is 0 Å². The number of benzene rings is 1. The maximum atomic E-state index is 12.9. The molecule has 1 aromatic rings. The van der Waals surface area contributed by atoms with Crippen molar-refractivity contribution in [1.82, 2.24) is 0 Å². The highest BCUT2D eigenvalue weighted by molar-refractivity contribution is 5.79. The molecule has 0 radical (unpaired) electrons. The summed E-state index contributed by atoms with van der Waals surface area (Å²) in [6.07, 6.45) is 1.72. The molecular weight excluding hydrogens is 251 g/mol. The molecule has 0 heterocycles. The van der Waals surface area contributed by atoms with Crippen LogP contribution in [0.3, 0.4) is 0 Å². The fourth-order valence-corrected chi connectivity index (χ4v) is 1.44. The molecule has 0 spiro atoms. The first-order chi connectivity index (χ1) is 9.17. The van der Waals surface area contributed by atoms with Crippen molar-refractivity contribution in [1.29, 1.82) is 0 Å². The van der Waals surface area contributed by atoms with Crippen molar-refractivity contribution >= 4 is 6.29 Å². The van der Waals surface area contributed by atoms with E-state index in [1.807, 2.05) is 0 Å². The van der Waals surface area contributed by atoms with Gasteiger partial charge in [0.15, 0.2) is 6.29 Å². The highest BCUT2D eigenvalue weighted by atomic mass is 19.1. The quantitative estimate of drug-likeness (QED) is 0.552. The Morgan fingerprint density at radius 2 is 2.21 bits per heavy atom. The van der Waals surface area contributed by atoms with Crippen LogP contribution in [0.5, 0.6) is 5.75 Å². The van der Waals surface area contributed by atoms with Gasteiger partial charge in [-0.15, -0.1) is 0 Å². The van der Waals surface area contributed by atoms with Gasteiger partial charge >= 0.3 is 0 Å². The molecule has 0 aromatic heterocycles. The molecule has 5 heteroatoms. The van der Waals surface area contributed by atoms with E-state index in [9.17, 15) is 14.3 Å². The second kappa shape index (κ2) is 8.61. The van der Waals surface area contributed by atoms with Gasteiger partial charge in [0.05, 0.1) is 12.2 Å². The summed E-state index contributed by atoms with van der Waals surface area (Å²) in [6.45, 7) is 2.83. The zero-order chi connectivity index (χ0) is 14.1. The zero-order valence-corrected chi connectivity index (χ0v) is 11.0. The number of rotatable bonds is 9. The topological polar surface area (TPSA) is 55.8 Å². The minimum atomic E-state index is -0.776. The largest absolute Gasteiger partial charge is 0.490 e. The maximum absolute atomic E-state index is 12.9. The molecule has 1 aromatic carbocycles. The zero-order valence-electron chi connectivity index (χ0n) is 11.0. The molecule has 0 aliphatic carbocycles. The Balaban J connectivity index is 2.37. The number of aliphatic hydroxyl groups excluding tert-OH is 1. The van der Waals surface area contributed by atoms with Gasteiger partial charge in [-0.3, -0.25) is 4.79 Å². The van der Waals surface area contributed by atoms with Crippen LogP contribution in [0.2, 0.25) is 0 Å². The number of aliphatic hydroxyl groups is 1. The summed E-state index contributed by atoms with van der Waals surface area (Å²) in [5, 5.41) is 9.62. The van der Waals surface area contributed by atoms with E-state index in [0.29, 0.717) is 12.9 Å². The number of hydrogen-bond donors (Lipinski definition) is 1. The molecule has 0 amide bonds. The van der Waals surface area contributed by atoms with Gasteiger partial charge in [0, 0.05) is 6.61 Å². The summed E-state index contributed by atoms with van der Waals surface area (Å²) in [5.74, 6) is -0.248. The standard InChI is InChI=1S/C14H19FO4/c1-2-3-6-18-9-13(17)10-19-14-5-4-12(15)7-11(14)8-16/h4-5,7-8,13,17H,2-3,6,9-10H2,1H3. The fraction of sp³-hybridized carbons (Fsp3) is 0.500. The Hall–Kier alpha value is -1.46. The second-order valence-corrected chi connectivity index (χ2v) is 4.19. The summed E-state index contributed by atoms with van der Waals surface area (Å²) in [5.41, 5.74) is 0.124. The fourth-order valence-electron chi connectivity index (χ4n) is 1.44. The van der Waals surface area contributed by atoms with E-state index in [1.54, 1.807) is 0 Å². The lowest BCUT2D eigenvalue weighted by atomic mass is 10.2. The lowest BCUT2D eigenvalue weighted by molar-refractivity contribution is 0.0112. The minimum absolute atomic E-state index is 0.00139. The minimum Gasteiger partial charge on any atom is -0.490 e. The number of aldehydes is 1. The lowest BCUT2D eigenvalue weighted by Gasteiger charge is -2.13. The van der Waals surface area contributed by atoms with E-state index >= 15 is 0 Å². The van der Waals surface area contributed by atoms with E-state index in [4.69, 9.17) is 9.47 Å². The van der Waals surface area contributed by atoms with Crippen LogP contribution in [0.4, 0.5) is 4.39 Å². The smallest absolute Gasteiger partial charge is 0.153 e. The molecule has 1 N–H and O–H groups in total. The Morgan fingerprint density at radius 1 is 1.42 bits per heavy atom. The van der Waals surface area contributed by atoms with Gasteiger partial charge < -0.3 is 14.6 Å². The summed E-state index contributed by atoms with van der Waals surface area (Å²) in [6, 6.07) is 3.66. The Bertz CT molecular complexity index is 395. The van der Waals surface area contributed by atoms with Crippen molar-refractivity contribution in [3.63, 3.8) is 0 Å². The van der Waals surface area contributed by atoms with Crippen molar-refractivity contribution in [3.8, 4) is 5.75 Å². The number of hydrogen-bond acceptors (Lipinski definition) is 4. The third-order valence-corrected chi connectivity index (χ3v) is 2.48. The molecule has 1 rings (SSSR count). The number of unbranched alkanes of at least 4 members (excludes halogenated alkanes) is 1. The first kappa shape index (κ1) is 15.6.